The van der Waals surface area contributed by atoms with Gasteiger partial charge in [0.2, 0.25) is 0 Å². The molecule has 6 nitrogen and oxygen atoms in total. The first-order valence-electron chi connectivity index (χ1n) is 5.99. The molecule has 0 spiro atoms. The Labute approximate surface area is 126 Å². The Morgan fingerprint density at radius 3 is 2.76 bits per heavy atom. The topological polar surface area (TPSA) is 76.8 Å². The normalized spacial score (nSPS) is 10.6. The molecule has 7 heteroatoms. The lowest BCUT2D eigenvalue weighted by molar-refractivity contribution is -0.383. The fraction of sp³-hybridized carbons (Fsp3) is 0.0714. The minimum absolute atomic E-state index is 0.0963. The summed E-state index contributed by atoms with van der Waals surface area (Å²) >= 11 is 6.05. The maximum absolute atomic E-state index is 11.1. The van der Waals surface area contributed by atoms with Crippen LogP contribution in [0.2, 0.25) is 5.02 Å². The molecule has 0 aliphatic rings. The summed E-state index contributed by atoms with van der Waals surface area (Å²) in [7, 11) is 1.44. The van der Waals surface area contributed by atoms with Gasteiger partial charge in [0.25, 0.3) is 5.69 Å². The Hall–Kier alpha value is -2.60. The van der Waals surface area contributed by atoms with Crippen LogP contribution in [0.5, 0.6) is 0 Å². The number of anilines is 2. The number of hydrogen-bond donors (Lipinski definition) is 1. The Morgan fingerprint density at radius 1 is 1.29 bits per heavy atom. The summed E-state index contributed by atoms with van der Waals surface area (Å²) in [5.41, 5.74) is 1.49. The predicted molar refractivity (Wildman–Crippen MR) is 82.4 cm³/mol. The van der Waals surface area contributed by atoms with Crippen molar-refractivity contribution in [2.75, 3.05) is 12.4 Å². The number of nitro benzene ring substituents is 1. The summed E-state index contributed by atoms with van der Waals surface area (Å²) in [6.07, 6.45) is 1.50. The highest BCUT2D eigenvalue weighted by atomic mass is 35.5. The molecule has 0 fully saturated rings. The molecule has 0 aliphatic carbocycles. The Balaban J connectivity index is 2.44. The monoisotopic (exact) mass is 305 g/mol. The van der Waals surface area contributed by atoms with Crippen LogP contribution in [-0.2, 0) is 4.84 Å². The van der Waals surface area contributed by atoms with Crippen LogP contribution in [0, 0.1) is 10.1 Å². The van der Waals surface area contributed by atoms with Crippen molar-refractivity contribution in [2.45, 2.75) is 0 Å². The van der Waals surface area contributed by atoms with E-state index >= 15 is 0 Å². The zero-order valence-electron chi connectivity index (χ0n) is 11.1. The predicted octanol–water partition coefficient (Wildman–Crippen LogP) is 3.97. The van der Waals surface area contributed by atoms with Gasteiger partial charge in [0.05, 0.1) is 16.2 Å². The van der Waals surface area contributed by atoms with Crippen LogP contribution in [0.3, 0.4) is 0 Å². The van der Waals surface area contributed by atoms with Crippen LogP contribution in [0.1, 0.15) is 5.56 Å². The average molecular weight is 306 g/mol. The molecular weight excluding hydrogens is 294 g/mol. The van der Waals surface area contributed by atoms with Crippen molar-refractivity contribution in [1.82, 2.24) is 0 Å². The van der Waals surface area contributed by atoms with Crippen LogP contribution in [0.4, 0.5) is 17.1 Å². The summed E-state index contributed by atoms with van der Waals surface area (Å²) < 4.78 is 0. The van der Waals surface area contributed by atoms with Gasteiger partial charge in [-0.25, -0.2) is 0 Å². The largest absolute Gasteiger partial charge is 0.399 e. The van der Waals surface area contributed by atoms with E-state index in [1.165, 1.54) is 25.5 Å². The van der Waals surface area contributed by atoms with Gasteiger partial charge in [0.1, 0.15) is 12.8 Å². The van der Waals surface area contributed by atoms with E-state index in [0.29, 0.717) is 11.3 Å². The minimum atomic E-state index is -0.486. The number of hydrogen-bond acceptors (Lipinski definition) is 5. The Bertz CT molecular complexity index is 689. The lowest BCUT2D eigenvalue weighted by Gasteiger charge is -2.11. The molecule has 0 saturated heterocycles. The SMILES string of the molecule is CON=Cc1ccccc1Nc1c(Cl)cccc1[N+](=O)[O-]. The third kappa shape index (κ3) is 3.49. The molecule has 2 rings (SSSR count). The number of oxime groups is 1. The number of benzene rings is 2. The third-order valence-corrected chi connectivity index (χ3v) is 3.02. The van der Waals surface area contributed by atoms with E-state index in [2.05, 4.69) is 15.3 Å². The number of nitro groups is 1. The summed E-state index contributed by atoms with van der Waals surface area (Å²) in [6.45, 7) is 0. The van der Waals surface area contributed by atoms with Crippen molar-refractivity contribution in [2.24, 2.45) is 5.16 Å². The molecule has 0 radical (unpaired) electrons. The van der Waals surface area contributed by atoms with E-state index in [-0.39, 0.29) is 16.4 Å². The summed E-state index contributed by atoms with van der Waals surface area (Å²) in [5.74, 6) is 0. The Morgan fingerprint density at radius 2 is 2.05 bits per heavy atom. The molecule has 2 aromatic rings. The van der Waals surface area contributed by atoms with Crippen LogP contribution >= 0.6 is 11.6 Å². The van der Waals surface area contributed by atoms with Gasteiger partial charge >= 0.3 is 0 Å². The summed E-state index contributed by atoms with van der Waals surface area (Å²) in [4.78, 5) is 15.2. The van der Waals surface area contributed by atoms with E-state index in [1.54, 1.807) is 24.3 Å². The van der Waals surface area contributed by atoms with Crippen LogP contribution in [0.25, 0.3) is 0 Å². The van der Waals surface area contributed by atoms with Gasteiger partial charge in [-0.1, -0.05) is 41.0 Å². The van der Waals surface area contributed by atoms with Gasteiger partial charge in [-0.15, -0.1) is 0 Å². The highest BCUT2D eigenvalue weighted by Crippen LogP contribution is 2.34. The van der Waals surface area contributed by atoms with Gasteiger partial charge in [0.15, 0.2) is 0 Å². The molecule has 0 aliphatic heterocycles. The van der Waals surface area contributed by atoms with E-state index < -0.39 is 4.92 Å². The molecule has 0 amide bonds. The van der Waals surface area contributed by atoms with Crippen molar-refractivity contribution in [3.8, 4) is 0 Å². The molecule has 21 heavy (non-hydrogen) atoms. The van der Waals surface area contributed by atoms with E-state index in [4.69, 9.17) is 11.6 Å². The maximum atomic E-state index is 11.1. The van der Waals surface area contributed by atoms with Crippen molar-refractivity contribution >= 4 is 34.9 Å². The molecule has 0 aromatic heterocycles. The first-order valence-corrected chi connectivity index (χ1v) is 6.36. The first kappa shape index (κ1) is 14.8. The lowest BCUT2D eigenvalue weighted by atomic mass is 10.1. The second kappa shape index (κ2) is 6.71. The highest BCUT2D eigenvalue weighted by molar-refractivity contribution is 6.34. The standard InChI is InChI=1S/C14H12ClN3O3/c1-21-16-9-10-5-2-3-7-12(10)17-14-11(15)6-4-8-13(14)18(19)20/h2-9,17H,1H3. The number of halogens is 1. The molecule has 0 unspecified atom stereocenters. The fourth-order valence-corrected chi connectivity index (χ4v) is 1.97. The van der Waals surface area contributed by atoms with Crippen molar-refractivity contribution in [3.63, 3.8) is 0 Å². The zero-order valence-corrected chi connectivity index (χ0v) is 11.9. The van der Waals surface area contributed by atoms with Crippen molar-refractivity contribution < 1.29 is 9.76 Å². The first-order chi connectivity index (χ1) is 10.1. The van der Waals surface area contributed by atoms with Gasteiger partial charge in [-0.3, -0.25) is 10.1 Å². The smallest absolute Gasteiger partial charge is 0.294 e. The Kier molecular flexibility index (Phi) is 4.73. The van der Waals surface area contributed by atoms with Crippen LogP contribution < -0.4 is 5.32 Å². The van der Waals surface area contributed by atoms with Gasteiger partial charge < -0.3 is 10.2 Å². The van der Waals surface area contributed by atoms with Gasteiger partial charge in [-0.2, -0.15) is 0 Å². The quantitative estimate of drug-likeness (QED) is 0.515. The number of nitrogens with one attached hydrogen (secondary N) is 1. The van der Waals surface area contributed by atoms with E-state index in [0.717, 1.165) is 0 Å². The third-order valence-electron chi connectivity index (χ3n) is 2.71. The minimum Gasteiger partial charge on any atom is -0.399 e. The van der Waals surface area contributed by atoms with Crippen LogP contribution in [0.15, 0.2) is 47.6 Å². The molecule has 0 saturated carbocycles. The molecule has 1 N–H and O–H groups in total. The van der Waals surface area contributed by atoms with E-state index in [1.807, 2.05) is 6.07 Å². The number of rotatable bonds is 5. The fourth-order valence-electron chi connectivity index (χ4n) is 1.76. The summed E-state index contributed by atoms with van der Waals surface area (Å²) in [5, 5.41) is 18.0. The molecular formula is C14H12ClN3O3. The summed E-state index contributed by atoms with van der Waals surface area (Å²) in [6, 6.07) is 11.7. The lowest BCUT2D eigenvalue weighted by Crippen LogP contribution is -2.00. The molecule has 0 heterocycles. The van der Waals surface area contributed by atoms with Gasteiger partial charge in [-0.05, 0) is 12.1 Å². The van der Waals surface area contributed by atoms with E-state index in [9.17, 15) is 10.1 Å². The van der Waals surface area contributed by atoms with Crippen molar-refractivity contribution in [3.05, 3.63) is 63.2 Å². The maximum Gasteiger partial charge on any atom is 0.294 e. The second-order valence-electron chi connectivity index (χ2n) is 4.02. The average Bonchev–Trinajstić information content (AvgIpc) is 2.48. The molecule has 0 bridgehead atoms. The van der Waals surface area contributed by atoms with Gasteiger partial charge in [0, 0.05) is 17.3 Å². The molecule has 2 aromatic carbocycles. The second-order valence-corrected chi connectivity index (χ2v) is 4.43. The van der Waals surface area contributed by atoms with Crippen molar-refractivity contribution in [1.29, 1.82) is 0 Å². The highest BCUT2D eigenvalue weighted by Gasteiger charge is 2.17. The van der Waals surface area contributed by atoms with Crippen LogP contribution in [-0.4, -0.2) is 18.2 Å². The number of nitrogens with zero attached hydrogens (tertiary/aromatic N) is 2. The zero-order chi connectivity index (χ0) is 15.2. The molecule has 108 valence electrons. The number of para-hydroxylation sites is 2. The molecule has 0 atom stereocenters.